The first-order valence-corrected chi connectivity index (χ1v) is 15.8. The molecule has 11 nitrogen and oxygen atoms in total. The van der Waals surface area contributed by atoms with Crippen LogP contribution in [0, 0.1) is 17.2 Å². The van der Waals surface area contributed by atoms with Gasteiger partial charge in [0, 0.05) is 19.1 Å². The quantitative estimate of drug-likeness (QED) is 0.256. The van der Waals surface area contributed by atoms with Crippen molar-refractivity contribution in [3.63, 3.8) is 0 Å². The molecule has 1 aromatic rings. The van der Waals surface area contributed by atoms with Crippen molar-refractivity contribution in [3.05, 3.63) is 35.9 Å². The third-order valence-corrected chi connectivity index (χ3v) is 9.31. The van der Waals surface area contributed by atoms with Crippen LogP contribution >= 0.6 is 7.37 Å². The molecule has 5 atom stereocenters. The number of nitrogens with one attached hydrogen (secondary N) is 1. The van der Waals surface area contributed by atoms with Gasteiger partial charge in [-0.15, -0.1) is 0 Å². The maximum absolute atomic E-state index is 13.4. The summed E-state index contributed by atoms with van der Waals surface area (Å²) in [6.45, 7) is 8.43. The molecule has 5 unspecified atom stereocenters. The van der Waals surface area contributed by atoms with Crippen LogP contribution in [0.1, 0.15) is 65.9 Å². The summed E-state index contributed by atoms with van der Waals surface area (Å²) in [4.78, 5) is 63.8. The lowest BCUT2D eigenvalue weighted by Gasteiger charge is -2.28. The second-order valence-corrected chi connectivity index (χ2v) is 13.9. The Labute approximate surface area is 242 Å². The van der Waals surface area contributed by atoms with Gasteiger partial charge in [0.15, 0.2) is 0 Å². The average molecular weight is 592 g/mol. The van der Waals surface area contributed by atoms with Gasteiger partial charge in [-0.3, -0.25) is 18.9 Å². The summed E-state index contributed by atoms with van der Waals surface area (Å²) in [7, 11) is -4.19. The molecule has 41 heavy (non-hydrogen) atoms. The van der Waals surface area contributed by atoms with Crippen LogP contribution < -0.4 is 5.32 Å². The summed E-state index contributed by atoms with van der Waals surface area (Å²) in [6.07, 6.45) is -0.406. The molecule has 0 aliphatic carbocycles. The van der Waals surface area contributed by atoms with Crippen molar-refractivity contribution >= 4 is 31.1 Å². The van der Waals surface area contributed by atoms with Crippen molar-refractivity contribution < 1.29 is 38.1 Å². The van der Waals surface area contributed by atoms with Gasteiger partial charge < -0.3 is 24.6 Å². The predicted octanol–water partition coefficient (Wildman–Crippen LogP) is 3.82. The minimum Gasteiger partial charge on any atom is -0.466 e. The highest BCUT2D eigenvalue weighted by atomic mass is 31.2. The molecule has 0 aromatic heterocycles. The molecule has 0 saturated carbocycles. The molecular formula is C29H42N3O8P. The van der Waals surface area contributed by atoms with Gasteiger partial charge in [-0.1, -0.05) is 30.3 Å². The Morgan fingerprint density at radius 2 is 1.88 bits per heavy atom. The monoisotopic (exact) mass is 591 g/mol. The van der Waals surface area contributed by atoms with Crippen LogP contribution in [0.25, 0.3) is 0 Å². The van der Waals surface area contributed by atoms with E-state index in [0.29, 0.717) is 19.4 Å². The second-order valence-electron chi connectivity index (χ2n) is 11.3. The lowest BCUT2D eigenvalue weighted by atomic mass is 10.0. The van der Waals surface area contributed by atoms with Crippen LogP contribution in [0.15, 0.2) is 30.3 Å². The van der Waals surface area contributed by atoms with Crippen LogP contribution in [0.3, 0.4) is 0 Å². The maximum Gasteiger partial charge on any atom is 0.408 e. The fourth-order valence-corrected chi connectivity index (χ4v) is 6.45. The zero-order valence-electron chi connectivity index (χ0n) is 24.5. The first kappa shape index (κ1) is 34.0. The number of alkyl carbamates (subject to hydrolysis) is 1. The van der Waals surface area contributed by atoms with Crippen LogP contribution in [-0.4, -0.2) is 76.2 Å². The Bertz CT molecular complexity index is 1160. The first-order chi connectivity index (χ1) is 19.2. The number of rotatable bonds is 13. The van der Waals surface area contributed by atoms with Crippen LogP contribution in [0.2, 0.25) is 0 Å². The van der Waals surface area contributed by atoms with Crippen LogP contribution in [-0.2, 0) is 34.8 Å². The molecule has 12 heteroatoms. The normalized spacial score (nSPS) is 18.8. The Morgan fingerprint density at radius 3 is 2.46 bits per heavy atom. The van der Waals surface area contributed by atoms with Crippen molar-refractivity contribution in [2.24, 2.45) is 5.92 Å². The van der Waals surface area contributed by atoms with Gasteiger partial charge in [-0.05, 0) is 65.9 Å². The molecule has 1 aliphatic rings. The Kier molecular flexibility index (Phi) is 12.5. The number of hydrogen-bond acceptors (Lipinski definition) is 8. The number of amides is 2. The molecule has 1 aliphatic heterocycles. The van der Waals surface area contributed by atoms with Gasteiger partial charge in [-0.2, -0.15) is 5.26 Å². The third kappa shape index (κ3) is 10.6. The Hall–Kier alpha value is -3.22. The van der Waals surface area contributed by atoms with E-state index in [4.69, 9.17) is 9.47 Å². The molecule has 226 valence electrons. The number of nitriles is 1. The highest BCUT2D eigenvalue weighted by molar-refractivity contribution is 7.59. The zero-order valence-corrected chi connectivity index (χ0v) is 25.4. The van der Waals surface area contributed by atoms with E-state index < -0.39 is 66.5 Å². The summed E-state index contributed by atoms with van der Waals surface area (Å²) < 4.78 is 23.8. The SMILES string of the molecule is CCOC(=O)C(Cc1ccccc1)CP(=O)(O)C(C)C(=O)CCC(NC(=O)OC(C)(C)C)C(=O)N1CCCC1C#N. The topological polar surface area (TPSA) is 163 Å². The molecule has 0 radical (unpaired) electrons. The third-order valence-electron chi connectivity index (χ3n) is 6.85. The highest BCUT2D eigenvalue weighted by Gasteiger charge is 2.39. The summed E-state index contributed by atoms with van der Waals surface area (Å²) in [5.74, 6) is -2.64. The lowest BCUT2D eigenvalue weighted by molar-refractivity contribution is -0.147. The number of carbonyl (C=O) groups excluding carboxylic acids is 4. The minimum atomic E-state index is -4.19. The van der Waals surface area contributed by atoms with E-state index in [-0.39, 0.29) is 25.9 Å². The number of ketones is 1. The minimum absolute atomic E-state index is 0.109. The van der Waals surface area contributed by atoms with Gasteiger partial charge >= 0.3 is 12.1 Å². The molecule has 1 aromatic carbocycles. The molecule has 2 amide bonds. The van der Waals surface area contributed by atoms with E-state index in [2.05, 4.69) is 11.4 Å². The standard InChI is InChI=1S/C29H42N3O8P/c1-6-39-27(35)22(17-21-11-8-7-9-12-21)19-41(37,38)20(2)25(33)15-14-24(31-28(36)40-29(3,4)5)26(34)32-16-10-13-23(32)18-30/h7-9,11-12,20,22-24H,6,10,13-17,19H2,1-5H3,(H,31,36)(H,37,38). The van der Waals surface area contributed by atoms with Gasteiger partial charge in [0.2, 0.25) is 13.3 Å². The van der Waals surface area contributed by atoms with E-state index in [1.807, 2.05) is 6.07 Å². The number of esters is 1. The first-order valence-electron chi connectivity index (χ1n) is 13.9. The summed E-state index contributed by atoms with van der Waals surface area (Å²) in [5.41, 5.74) is -1.35. The zero-order chi connectivity index (χ0) is 30.8. The van der Waals surface area contributed by atoms with Crippen LogP contribution in [0.5, 0.6) is 0 Å². The van der Waals surface area contributed by atoms with Crippen molar-refractivity contribution in [3.8, 4) is 6.07 Å². The van der Waals surface area contributed by atoms with Crippen molar-refractivity contribution in [2.45, 2.75) is 90.1 Å². The molecule has 1 fully saturated rings. The number of nitrogens with zero attached hydrogens (tertiary/aromatic N) is 2. The van der Waals surface area contributed by atoms with Gasteiger partial charge in [-0.25, -0.2) is 4.79 Å². The second kappa shape index (κ2) is 15.1. The molecule has 1 saturated heterocycles. The number of likely N-dealkylation sites (tertiary alicyclic amines) is 1. The average Bonchev–Trinajstić information content (AvgIpc) is 3.38. The van der Waals surface area contributed by atoms with Crippen molar-refractivity contribution in [1.29, 1.82) is 5.26 Å². The number of ether oxygens (including phenoxy) is 2. The molecule has 1 heterocycles. The molecule has 0 bridgehead atoms. The lowest BCUT2D eigenvalue weighted by Crippen LogP contribution is -2.51. The number of hydrogen-bond donors (Lipinski definition) is 2. The number of Topliss-reactive ketones (excluding diaryl/α,β-unsaturated/α-hetero) is 1. The largest absolute Gasteiger partial charge is 0.466 e. The summed E-state index contributed by atoms with van der Waals surface area (Å²) in [5, 5.41) is 11.9. The van der Waals surface area contributed by atoms with Gasteiger partial charge in [0.25, 0.3) is 0 Å². The van der Waals surface area contributed by atoms with E-state index >= 15 is 0 Å². The van der Waals surface area contributed by atoms with E-state index in [1.54, 1.807) is 52.0 Å². The summed E-state index contributed by atoms with van der Waals surface area (Å²) in [6, 6.07) is 9.30. The fraction of sp³-hybridized carbons (Fsp3) is 0.621. The maximum atomic E-state index is 13.4. The molecule has 2 N–H and O–H groups in total. The predicted molar refractivity (Wildman–Crippen MR) is 152 cm³/mol. The summed E-state index contributed by atoms with van der Waals surface area (Å²) >= 11 is 0. The smallest absolute Gasteiger partial charge is 0.408 e. The van der Waals surface area contributed by atoms with E-state index in [0.717, 1.165) is 5.56 Å². The molecule has 2 rings (SSSR count). The fourth-order valence-electron chi connectivity index (χ4n) is 4.65. The number of carbonyl (C=O) groups is 4. The Balaban J connectivity index is 2.15. The van der Waals surface area contributed by atoms with Crippen molar-refractivity contribution in [2.75, 3.05) is 19.3 Å². The van der Waals surface area contributed by atoms with E-state index in [9.17, 15) is 33.9 Å². The highest BCUT2D eigenvalue weighted by Crippen LogP contribution is 2.49. The Morgan fingerprint density at radius 1 is 1.22 bits per heavy atom. The number of benzene rings is 1. The van der Waals surface area contributed by atoms with Crippen LogP contribution in [0.4, 0.5) is 4.79 Å². The molecular weight excluding hydrogens is 549 g/mol. The molecule has 0 spiro atoms. The van der Waals surface area contributed by atoms with Crippen molar-refractivity contribution in [1.82, 2.24) is 10.2 Å². The van der Waals surface area contributed by atoms with Gasteiger partial charge in [0.1, 0.15) is 23.5 Å². The van der Waals surface area contributed by atoms with E-state index in [1.165, 1.54) is 11.8 Å². The van der Waals surface area contributed by atoms with Gasteiger partial charge in [0.05, 0.1) is 24.3 Å².